The van der Waals surface area contributed by atoms with Crippen molar-refractivity contribution < 1.29 is 14.6 Å². The maximum absolute atomic E-state index is 10.7. The molecule has 0 saturated carbocycles. The summed E-state index contributed by atoms with van der Waals surface area (Å²) in [6.07, 6.45) is 0. The Morgan fingerprint density at radius 3 is 2.73 bits per heavy atom. The van der Waals surface area contributed by atoms with E-state index in [9.17, 15) is 4.79 Å². The molecule has 0 aromatic heterocycles. The first-order valence-electron chi connectivity index (χ1n) is 7.25. The zero-order valence-corrected chi connectivity index (χ0v) is 12.5. The SMILES string of the molecule is C[C@@H](COc1ccc(C(=N)NC2CNCC2N)cc1)C(=O)O. The van der Waals surface area contributed by atoms with Crippen molar-refractivity contribution in [3.8, 4) is 5.75 Å². The number of aliphatic carboxylic acids is 1. The number of hydrogen-bond acceptors (Lipinski definition) is 5. The largest absolute Gasteiger partial charge is 0.493 e. The average Bonchev–Trinajstić information content (AvgIpc) is 2.90. The molecule has 1 aliphatic heterocycles. The quantitative estimate of drug-likeness (QED) is 0.373. The Kier molecular flexibility index (Phi) is 5.35. The minimum absolute atomic E-state index is 0.000429. The molecule has 1 aliphatic rings. The summed E-state index contributed by atoms with van der Waals surface area (Å²) in [7, 11) is 0. The summed E-state index contributed by atoms with van der Waals surface area (Å²) in [5, 5.41) is 23.1. The maximum Gasteiger partial charge on any atom is 0.309 e. The Bertz CT molecular complexity index is 532. The maximum atomic E-state index is 10.7. The van der Waals surface area contributed by atoms with Crippen LogP contribution in [0.2, 0.25) is 0 Å². The van der Waals surface area contributed by atoms with Crippen LogP contribution in [0, 0.1) is 11.3 Å². The Labute approximate surface area is 129 Å². The molecule has 1 fully saturated rings. The lowest BCUT2D eigenvalue weighted by atomic mass is 10.1. The Hall–Kier alpha value is -2.12. The second kappa shape index (κ2) is 7.24. The third kappa shape index (κ3) is 4.19. The third-order valence-corrected chi connectivity index (χ3v) is 3.66. The summed E-state index contributed by atoms with van der Waals surface area (Å²) in [6, 6.07) is 7.05. The van der Waals surface area contributed by atoms with E-state index in [0.717, 1.165) is 18.7 Å². The molecule has 22 heavy (non-hydrogen) atoms. The highest BCUT2D eigenvalue weighted by Crippen LogP contribution is 2.14. The van der Waals surface area contributed by atoms with Gasteiger partial charge in [0.25, 0.3) is 0 Å². The molecule has 1 heterocycles. The lowest BCUT2D eigenvalue weighted by molar-refractivity contribution is -0.142. The van der Waals surface area contributed by atoms with Crippen molar-refractivity contribution in [3.63, 3.8) is 0 Å². The first kappa shape index (κ1) is 16.3. The number of nitrogens with one attached hydrogen (secondary N) is 3. The van der Waals surface area contributed by atoms with Gasteiger partial charge in [-0.3, -0.25) is 10.2 Å². The minimum atomic E-state index is -0.885. The first-order chi connectivity index (χ1) is 10.5. The average molecular weight is 306 g/mol. The molecule has 120 valence electrons. The van der Waals surface area contributed by atoms with Crippen LogP contribution >= 0.6 is 0 Å². The van der Waals surface area contributed by atoms with Crippen LogP contribution in [0.15, 0.2) is 24.3 Å². The lowest BCUT2D eigenvalue weighted by Gasteiger charge is -2.18. The molecule has 0 amide bonds. The van der Waals surface area contributed by atoms with E-state index in [-0.39, 0.29) is 18.7 Å². The van der Waals surface area contributed by atoms with E-state index in [2.05, 4.69) is 10.6 Å². The number of rotatable bonds is 6. The second-order valence-corrected chi connectivity index (χ2v) is 5.52. The van der Waals surface area contributed by atoms with E-state index in [1.54, 1.807) is 31.2 Å². The van der Waals surface area contributed by atoms with E-state index in [1.165, 1.54) is 0 Å². The molecule has 0 spiro atoms. The van der Waals surface area contributed by atoms with Crippen molar-refractivity contribution in [2.75, 3.05) is 19.7 Å². The number of carbonyl (C=O) groups is 1. The summed E-state index contributed by atoms with van der Waals surface area (Å²) in [6.45, 7) is 3.21. The molecule has 0 aliphatic carbocycles. The highest BCUT2D eigenvalue weighted by atomic mass is 16.5. The number of nitrogens with two attached hydrogens (primary N) is 1. The molecule has 2 unspecified atom stereocenters. The minimum Gasteiger partial charge on any atom is -0.493 e. The molecule has 1 saturated heterocycles. The number of amidine groups is 1. The van der Waals surface area contributed by atoms with Gasteiger partial charge in [-0.25, -0.2) is 0 Å². The molecule has 0 radical (unpaired) electrons. The van der Waals surface area contributed by atoms with Gasteiger partial charge in [-0.05, 0) is 31.2 Å². The Balaban J connectivity index is 1.88. The van der Waals surface area contributed by atoms with Crippen LogP contribution in [-0.2, 0) is 4.79 Å². The molecule has 7 heteroatoms. The topological polar surface area (TPSA) is 120 Å². The predicted molar refractivity (Wildman–Crippen MR) is 83.3 cm³/mol. The fraction of sp³-hybridized carbons (Fsp3) is 0.467. The smallest absolute Gasteiger partial charge is 0.309 e. The van der Waals surface area contributed by atoms with Gasteiger partial charge in [0.05, 0.1) is 12.0 Å². The monoisotopic (exact) mass is 306 g/mol. The summed E-state index contributed by atoms with van der Waals surface area (Å²) in [5.41, 5.74) is 6.67. The van der Waals surface area contributed by atoms with Crippen LogP contribution in [0.1, 0.15) is 12.5 Å². The van der Waals surface area contributed by atoms with Crippen molar-refractivity contribution in [1.82, 2.24) is 10.6 Å². The van der Waals surface area contributed by atoms with Crippen molar-refractivity contribution in [1.29, 1.82) is 5.41 Å². The summed E-state index contributed by atoms with van der Waals surface area (Å²) < 4.78 is 5.41. The standard InChI is InChI=1S/C15H22N4O3/c1-9(15(20)21)8-22-11-4-2-10(3-5-11)14(17)19-13-7-18-6-12(13)16/h2-5,9,12-13,18H,6-8,16H2,1H3,(H2,17,19)(H,20,21)/t9-,12?,13?/m0/s1. The molecular formula is C15H22N4O3. The van der Waals surface area contributed by atoms with Gasteiger partial charge >= 0.3 is 5.97 Å². The zero-order chi connectivity index (χ0) is 16.1. The highest BCUT2D eigenvalue weighted by molar-refractivity contribution is 5.96. The van der Waals surface area contributed by atoms with Gasteiger partial charge in [0.2, 0.25) is 0 Å². The summed E-state index contributed by atoms with van der Waals surface area (Å²) in [5.74, 6) is -0.543. The molecule has 7 nitrogen and oxygen atoms in total. The van der Waals surface area contributed by atoms with Crippen molar-refractivity contribution in [2.24, 2.45) is 11.7 Å². The molecule has 1 aromatic rings. The molecule has 1 aromatic carbocycles. The van der Waals surface area contributed by atoms with E-state index < -0.39 is 11.9 Å². The Morgan fingerprint density at radius 1 is 1.50 bits per heavy atom. The number of carboxylic acids is 1. The van der Waals surface area contributed by atoms with Gasteiger partial charge < -0.3 is 26.2 Å². The van der Waals surface area contributed by atoms with Crippen LogP contribution in [0.5, 0.6) is 5.75 Å². The second-order valence-electron chi connectivity index (χ2n) is 5.52. The van der Waals surface area contributed by atoms with E-state index >= 15 is 0 Å². The van der Waals surface area contributed by atoms with Gasteiger partial charge in [-0.15, -0.1) is 0 Å². The lowest BCUT2D eigenvalue weighted by Crippen LogP contribution is -2.46. The first-order valence-corrected chi connectivity index (χ1v) is 7.25. The number of hydrogen-bond donors (Lipinski definition) is 5. The van der Waals surface area contributed by atoms with Gasteiger partial charge in [0.15, 0.2) is 0 Å². The molecule has 0 bridgehead atoms. The van der Waals surface area contributed by atoms with Gasteiger partial charge in [-0.1, -0.05) is 0 Å². The molecular weight excluding hydrogens is 284 g/mol. The van der Waals surface area contributed by atoms with Crippen LogP contribution in [0.3, 0.4) is 0 Å². The number of carboxylic acid groups (broad SMARTS) is 1. The van der Waals surface area contributed by atoms with E-state index in [4.69, 9.17) is 21.0 Å². The molecule has 3 atom stereocenters. The van der Waals surface area contributed by atoms with Crippen molar-refractivity contribution in [2.45, 2.75) is 19.0 Å². The molecule has 6 N–H and O–H groups in total. The van der Waals surface area contributed by atoms with Gasteiger partial charge in [0, 0.05) is 24.7 Å². The van der Waals surface area contributed by atoms with E-state index in [0.29, 0.717) is 11.6 Å². The van der Waals surface area contributed by atoms with Crippen LogP contribution in [0.4, 0.5) is 0 Å². The normalized spacial score (nSPS) is 22.1. The van der Waals surface area contributed by atoms with Gasteiger partial charge in [-0.2, -0.15) is 0 Å². The Morgan fingerprint density at radius 2 is 2.18 bits per heavy atom. The zero-order valence-electron chi connectivity index (χ0n) is 12.5. The fourth-order valence-electron chi connectivity index (χ4n) is 2.14. The van der Waals surface area contributed by atoms with Gasteiger partial charge in [0.1, 0.15) is 18.2 Å². The fourth-order valence-corrected chi connectivity index (χ4v) is 2.14. The number of ether oxygens (including phenoxy) is 1. The van der Waals surface area contributed by atoms with Crippen molar-refractivity contribution in [3.05, 3.63) is 29.8 Å². The van der Waals surface area contributed by atoms with Crippen molar-refractivity contribution >= 4 is 11.8 Å². The predicted octanol–water partition coefficient (Wildman–Crippen LogP) is 0.000170. The van der Waals surface area contributed by atoms with Crippen LogP contribution in [-0.4, -0.2) is 48.7 Å². The third-order valence-electron chi connectivity index (χ3n) is 3.66. The number of benzene rings is 1. The highest BCUT2D eigenvalue weighted by Gasteiger charge is 2.24. The summed E-state index contributed by atoms with van der Waals surface area (Å²) in [4.78, 5) is 10.7. The summed E-state index contributed by atoms with van der Waals surface area (Å²) >= 11 is 0. The van der Waals surface area contributed by atoms with E-state index in [1.807, 2.05) is 0 Å². The van der Waals surface area contributed by atoms with Crippen LogP contribution < -0.4 is 21.1 Å². The molecule has 2 rings (SSSR count). The van der Waals surface area contributed by atoms with Crippen LogP contribution in [0.25, 0.3) is 0 Å².